The van der Waals surface area contributed by atoms with E-state index in [0.29, 0.717) is 4.88 Å². The molecule has 2 aromatic carbocycles. The Morgan fingerprint density at radius 3 is 2.54 bits per heavy atom. The van der Waals surface area contributed by atoms with Gasteiger partial charge >= 0.3 is 0 Å². The number of anilines is 1. The monoisotopic (exact) mass is 336 g/mol. The van der Waals surface area contributed by atoms with Gasteiger partial charge in [0.25, 0.3) is 5.91 Å². The maximum Gasteiger partial charge on any atom is 0.267 e. The van der Waals surface area contributed by atoms with Crippen molar-refractivity contribution in [3.8, 4) is 10.6 Å². The van der Waals surface area contributed by atoms with Crippen LogP contribution in [0.15, 0.2) is 48.5 Å². The van der Waals surface area contributed by atoms with Gasteiger partial charge in [-0.05, 0) is 31.4 Å². The fraction of sp³-hybridized carbons (Fsp3) is 0.200. The molecule has 0 atom stereocenters. The molecule has 24 heavy (non-hydrogen) atoms. The molecule has 0 radical (unpaired) electrons. The Labute approximate surface area is 146 Å². The lowest BCUT2D eigenvalue weighted by atomic mass is 10.1. The second-order valence-corrected chi connectivity index (χ2v) is 6.72. The van der Waals surface area contributed by atoms with Crippen LogP contribution in [0.2, 0.25) is 0 Å². The highest BCUT2D eigenvalue weighted by molar-refractivity contribution is 7.17. The molecule has 0 spiro atoms. The van der Waals surface area contributed by atoms with Gasteiger partial charge in [-0.3, -0.25) is 4.79 Å². The molecule has 0 saturated heterocycles. The number of hydrogen-bond acceptors (Lipinski definition) is 3. The number of aromatic nitrogens is 1. The molecule has 3 nitrogen and oxygen atoms in total. The molecule has 0 saturated carbocycles. The van der Waals surface area contributed by atoms with Crippen LogP contribution in [-0.4, -0.2) is 10.9 Å². The first-order chi connectivity index (χ1) is 11.6. The predicted octanol–water partition coefficient (Wildman–Crippen LogP) is 5.24. The largest absolute Gasteiger partial charge is 0.321 e. The first kappa shape index (κ1) is 16.4. The van der Waals surface area contributed by atoms with Crippen molar-refractivity contribution in [3.63, 3.8) is 0 Å². The molecule has 1 N–H and O–H groups in total. The number of carbonyl (C=O) groups excluding carboxylic acids is 1. The van der Waals surface area contributed by atoms with E-state index in [1.165, 1.54) is 11.3 Å². The van der Waals surface area contributed by atoms with Gasteiger partial charge in [0.05, 0.1) is 5.69 Å². The van der Waals surface area contributed by atoms with Crippen LogP contribution in [-0.2, 0) is 6.42 Å². The van der Waals surface area contributed by atoms with E-state index in [1.807, 2.05) is 56.3 Å². The average Bonchev–Trinajstić information content (AvgIpc) is 2.99. The summed E-state index contributed by atoms with van der Waals surface area (Å²) in [6, 6.07) is 16.0. The second-order valence-electron chi connectivity index (χ2n) is 5.72. The van der Waals surface area contributed by atoms with Crippen molar-refractivity contribution in [1.82, 2.24) is 4.98 Å². The predicted molar refractivity (Wildman–Crippen MR) is 101 cm³/mol. The van der Waals surface area contributed by atoms with Gasteiger partial charge in [0.1, 0.15) is 9.88 Å². The smallest absolute Gasteiger partial charge is 0.267 e. The first-order valence-corrected chi connectivity index (χ1v) is 8.84. The summed E-state index contributed by atoms with van der Waals surface area (Å²) in [5, 5.41) is 3.96. The van der Waals surface area contributed by atoms with Crippen molar-refractivity contribution in [1.29, 1.82) is 0 Å². The molecule has 1 aromatic heterocycles. The molecule has 1 heterocycles. The molecular formula is C20H20N2OS. The number of rotatable bonds is 4. The Kier molecular flexibility index (Phi) is 4.76. The Bertz CT molecular complexity index is 869. The van der Waals surface area contributed by atoms with Crippen molar-refractivity contribution in [2.24, 2.45) is 0 Å². The minimum absolute atomic E-state index is 0.0869. The minimum atomic E-state index is -0.0869. The van der Waals surface area contributed by atoms with E-state index in [1.54, 1.807) is 0 Å². The highest BCUT2D eigenvalue weighted by atomic mass is 32.1. The van der Waals surface area contributed by atoms with E-state index in [-0.39, 0.29) is 5.91 Å². The maximum absolute atomic E-state index is 12.8. The summed E-state index contributed by atoms with van der Waals surface area (Å²) >= 11 is 1.44. The third-order valence-electron chi connectivity index (χ3n) is 4.00. The normalized spacial score (nSPS) is 10.6. The highest BCUT2D eigenvalue weighted by Gasteiger charge is 2.18. The molecule has 0 bridgehead atoms. The van der Waals surface area contributed by atoms with E-state index < -0.39 is 0 Å². The summed E-state index contributed by atoms with van der Waals surface area (Å²) < 4.78 is 0. The molecule has 3 rings (SSSR count). The van der Waals surface area contributed by atoms with Crippen LogP contribution in [0, 0.1) is 13.8 Å². The van der Waals surface area contributed by atoms with E-state index in [0.717, 1.165) is 39.5 Å². The zero-order chi connectivity index (χ0) is 17.1. The van der Waals surface area contributed by atoms with Crippen LogP contribution in [0.5, 0.6) is 0 Å². The van der Waals surface area contributed by atoms with Crippen molar-refractivity contribution >= 4 is 22.9 Å². The SMILES string of the molecule is CCc1cccc(C)c1NC(=O)c1sc(-c2ccccc2)nc1C. The Hall–Kier alpha value is -2.46. The van der Waals surface area contributed by atoms with Gasteiger partial charge in [-0.1, -0.05) is 55.5 Å². The summed E-state index contributed by atoms with van der Waals surface area (Å²) in [6.45, 7) is 6.00. The molecule has 4 heteroatoms. The van der Waals surface area contributed by atoms with Gasteiger partial charge in [0.2, 0.25) is 0 Å². The molecule has 1 amide bonds. The molecule has 0 unspecified atom stereocenters. The van der Waals surface area contributed by atoms with Crippen LogP contribution in [0.4, 0.5) is 5.69 Å². The number of nitrogens with one attached hydrogen (secondary N) is 1. The summed E-state index contributed by atoms with van der Waals surface area (Å²) in [7, 11) is 0. The second kappa shape index (κ2) is 6.97. The Morgan fingerprint density at radius 1 is 1.08 bits per heavy atom. The van der Waals surface area contributed by atoms with Gasteiger partial charge in [-0.15, -0.1) is 11.3 Å². The topological polar surface area (TPSA) is 42.0 Å². The molecule has 0 aliphatic carbocycles. The number of para-hydroxylation sites is 1. The molecule has 0 fully saturated rings. The molecular weight excluding hydrogens is 316 g/mol. The van der Waals surface area contributed by atoms with E-state index in [2.05, 4.69) is 23.3 Å². The third kappa shape index (κ3) is 3.24. The number of carbonyl (C=O) groups is 1. The van der Waals surface area contributed by atoms with Gasteiger partial charge in [0, 0.05) is 11.3 Å². The van der Waals surface area contributed by atoms with Crippen LogP contribution in [0.1, 0.15) is 33.4 Å². The van der Waals surface area contributed by atoms with Gasteiger partial charge in [0.15, 0.2) is 0 Å². The van der Waals surface area contributed by atoms with Crippen LogP contribution >= 0.6 is 11.3 Å². The summed E-state index contributed by atoms with van der Waals surface area (Å²) in [5.41, 5.74) is 4.94. The van der Waals surface area contributed by atoms with E-state index in [4.69, 9.17) is 0 Å². The number of thiazole rings is 1. The highest BCUT2D eigenvalue weighted by Crippen LogP contribution is 2.29. The number of nitrogens with zero attached hydrogens (tertiary/aromatic N) is 1. The van der Waals surface area contributed by atoms with Gasteiger partial charge < -0.3 is 5.32 Å². The van der Waals surface area contributed by atoms with Crippen molar-refractivity contribution in [2.75, 3.05) is 5.32 Å². The lowest BCUT2D eigenvalue weighted by Gasteiger charge is -2.12. The van der Waals surface area contributed by atoms with Crippen LogP contribution in [0.3, 0.4) is 0 Å². The number of aryl methyl sites for hydroxylation is 3. The molecule has 0 aliphatic heterocycles. The Morgan fingerprint density at radius 2 is 1.83 bits per heavy atom. The minimum Gasteiger partial charge on any atom is -0.321 e. The first-order valence-electron chi connectivity index (χ1n) is 8.02. The van der Waals surface area contributed by atoms with Gasteiger partial charge in [-0.25, -0.2) is 4.98 Å². The molecule has 122 valence electrons. The van der Waals surface area contributed by atoms with Gasteiger partial charge in [-0.2, -0.15) is 0 Å². The number of benzene rings is 2. The zero-order valence-electron chi connectivity index (χ0n) is 14.1. The summed E-state index contributed by atoms with van der Waals surface area (Å²) in [6.07, 6.45) is 0.883. The maximum atomic E-state index is 12.8. The van der Waals surface area contributed by atoms with E-state index >= 15 is 0 Å². The zero-order valence-corrected chi connectivity index (χ0v) is 14.9. The summed E-state index contributed by atoms with van der Waals surface area (Å²) in [4.78, 5) is 18.0. The van der Waals surface area contributed by atoms with E-state index in [9.17, 15) is 4.79 Å². The molecule has 3 aromatic rings. The average molecular weight is 336 g/mol. The number of amides is 1. The third-order valence-corrected chi connectivity index (χ3v) is 5.21. The molecule has 0 aliphatic rings. The van der Waals surface area contributed by atoms with Crippen molar-refractivity contribution in [2.45, 2.75) is 27.2 Å². The Balaban J connectivity index is 1.91. The quantitative estimate of drug-likeness (QED) is 0.708. The fourth-order valence-corrected chi connectivity index (χ4v) is 3.65. The summed E-state index contributed by atoms with van der Waals surface area (Å²) in [5.74, 6) is -0.0869. The van der Waals surface area contributed by atoms with Crippen molar-refractivity contribution < 1.29 is 4.79 Å². The lowest BCUT2D eigenvalue weighted by Crippen LogP contribution is -2.14. The standard InChI is InChI=1S/C20H20N2OS/c1-4-15-12-8-9-13(2)17(15)22-19(23)18-14(3)21-20(24-18)16-10-6-5-7-11-16/h5-12H,4H2,1-3H3,(H,22,23). The van der Waals surface area contributed by atoms with Crippen LogP contribution in [0.25, 0.3) is 10.6 Å². The number of hydrogen-bond donors (Lipinski definition) is 1. The van der Waals surface area contributed by atoms with Crippen molar-refractivity contribution in [3.05, 3.63) is 70.2 Å². The lowest BCUT2D eigenvalue weighted by molar-refractivity contribution is 0.102. The van der Waals surface area contributed by atoms with Crippen LogP contribution < -0.4 is 5.32 Å². The fourth-order valence-electron chi connectivity index (χ4n) is 2.68.